The van der Waals surface area contributed by atoms with Crippen LogP contribution in [0.1, 0.15) is 23.9 Å². The predicted molar refractivity (Wildman–Crippen MR) is 98.9 cm³/mol. The Morgan fingerprint density at radius 1 is 1.16 bits per heavy atom. The van der Waals surface area contributed by atoms with Crippen molar-refractivity contribution in [2.45, 2.75) is 26.2 Å². The van der Waals surface area contributed by atoms with Crippen molar-refractivity contribution in [1.82, 2.24) is 15.3 Å². The number of fused-ring (bicyclic) bond motifs is 1. The second-order valence-corrected chi connectivity index (χ2v) is 6.01. The summed E-state index contributed by atoms with van der Waals surface area (Å²) >= 11 is 0. The molecule has 0 aliphatic carbocycles. The highest BCUT2D eigenvalue weighted by Gasteiger charge is 2.06. The monoisotopic (exact) mass is 337 g/mol. The molecule has 0 saturated heterocycles. The van der Waals surface area contributed by atoms with Crippen LogP contribution in [0.15, 0.2) is 42.5 Å². The molecule has 0 bridgehead atoms. The quantitative estimate of drug-likeness (QED) is 0.696. The number of carbonyl (C=O) groups excluding carboxylic acids is 1. The minimum atomic E-state index is 0.0306. The number of imidazole rings is 1. The molecule has 0 spiro atoms. The summed E-state index contributed by atoms with van der Waals surface area (Å²) in [5.74, 6) is 1.84. The highest BCUT2D eigenvalue weighted by Crippen LogP contribution is 2.15. The van der Waals surface area contributed by atoms with E-state index in [9.17, 15) is 4.79 Å². The van der Waals surface area contributed by atoms with E-state index in [2.05, 4.69) is 22.2 Å². The Morgan fingerprint density at radius 2 is 1.92 bits per heavy atom. The second-order valence-electron chi connectivity index (χ2n) is 6.01. The molecule has 0 aliphatic heterocycles. The molecule has 5 nitrogen and oxygen atoms in total. The Bertz CT molecular complexity index is 853. The molecule has 3 rings (SSSR count). The van der Waals surface area contributed by atoms with Crippen LogP contribution >= 0.6 is 0 Å². The minimum absolute atomic E-state index is 0.0306. The maximum atomic E-state index is 12.1. The van der Waals surface area contributed by atoms with Crippen LogP contribution in [0.25, 0.3) is 11.0 Å². The number of nitrogens with zero attached hydrogens (tertiary/aromatic N) is 1. The van der Waals surface area contributed by atoms with Crippen LogP contribution in [0.4, 0.5) is 0 Å². The van der Waals surface area contributed by atoms with Gasteiger partial charge in [0.25, 0.3) is 0 Å². The van der Waals surface area contributed by atoms with Gasteiger partial charge in [0.05, 0.1) is 24.6 Å². The number of H-pyrrole nitrogens is 1. The molecule has 0 aliphatic rings. The van der Waals surface area contributed by atoms with E-state index in [1.165, 1.54) is 5.56 Å². The first-order valence-electron chi connectivity index (χ1n) is 8.55. The zero-order chi connectivity index (χ0) is 17.6. The lowest BCUT2D eigenvalue weighted by Gasteiger charge is -2.06. The lowest BCUT2D eigenvalue weighted by Crippen LogP contribution is -2.27. The molecule has 5 heteroatoms. The maximum Gasteiger partial charge on any atom is 0.224 e. The first kappa shape index (κ1) is 17.0. The average molecular weight is 337 g/mol. The first-order chi connectivity index (χ1) is 12.2. The topological polar surface area (TPSA) is 67.0 Å². The van der Waals surface area contributed by atoms with Gasteiger partial charge in [0.15, 0.2) is 0 Å². The van der Waals surface area contributed by atoms with Gasteiger partial charge in [-0.1, -0.05) is 25.1 Å². The largest absolute Gasteiger partial charge is 0.497 e. The SMILES string of the molecule is CCc1nc2ccc(CC(=O)NCCc3ccc(OC)cc3)cc2[nH]1. The Morgan fingerprint density at radius 3 is 2.64 bits per heavy atom. The lowest BCUT2D eigenvalue weighted by molar-refractivity contribution is -0.120. The van der Waals surface area contributed by atoms with Gasteiger partial charge in [-0.2, -0.15) is 0 Å². The molecule has 0 unspecified atom stereocenters. The summed E-state index contributed by atoms with van der Waals surface area (Å²) in [4.78, 5) is 19.9. The molecular weight excluding hydrogens is 314 g/mol. The summed E-state index contributed by atoms with van der Waals surface area (Å²) in [6, 6.07) is 13.8. The minimum Gasteiger partial charge on any atom is -0.497 e. The third kappa shape index (κ3) is 4.38. The zero-order valence-electron chi connectivity index (χ0n) is 14.6. The highest BCUT2D eigenvalue weighted by atomic mass is 16.5. The van der Waals surface area contributed by atoms with E-state index < -0.39 is 0 Å². The second kappa shape index (κ2) is 7.83. The van der Waals surface area contributed by atoms with Crippen LogP contribution in [0, 0.1) is 0 Å². The predicted octanol–water partition coefficient (Wildman–Crippen LogP) is 3.04. The first-order valence-corrected chi connectivity index (χ1v) is 8.55. The van der Waals surface area contributed by atoms with Crippen molar-refractivity contribution < 1.29 is 9.53 Å². The Labute approximate surface area is 147 Å². The molecule has 3 aromatic rings. The van der Waals surface area contributed by atoms with Crippen LogP contribution in [-0.2, 0) is 24.1 Å². The fraction of sp³-hybridized carbons (Fsp3) is 0.300. The van der Waals surface area contributed by atoms with Gasteiger partial charge in [-0.25, -0.2) is 4.98 Å². The molecule has 0 radical (unpaired) electrons. The number of nitrogens with one attached hydrogen (secondary N) is 2. The van der Waals surface area contributed by atoms with E-state index in [0.717, 1.165) is 41.0 Å². The number of hydrogen-bond acceptors (Lipinski definition) is 3. The van der Waals surface area contributed by atoms with Crippen LogP contribution in [0.5, 0.6) is 5.75 Å². The van der Waals surface area contributed by atoms with Gasteiger partial charge in [0, 0.05) is 13.0 Å². The molecule has 2 aromatic carbocycles. The Kier molecular flexibility index (Phi) is 5.33. The van der Waals surface area contributed by atoms with Gasteiger partial charge in [-0.3, -0.25) is 4.79 Å². The van der Waals surface area contributed by atoms with Crippen LogP contribution in [0.2, 0.25) is 0 Å². The summed E-state index contributed by atoms with van der Waals surface area (Å²) < 4.78 is 5.14. The van der Waals surface area contributed by atoms with E-state index in [4.69, 9.17) is 4.74 Å². The third-order valence-electron chi connectivity index (χ3n) is 4.19. The van der Waals surface area contributed by atoms with Gasteiger partial charge in [0.1, 0.15) is 11.6 Å². The van der Waals surface area contributed by atoms with Crippen molar-refractivity contribution in [1.29, 1.82) is 0 Å². The molecule has 1 heterocycles. The van der Waals surface area contributed by atoms with Crippen molar-refractivity contribution >= 4 is 16.9 Å². The summed E-state index contributed by atoms with van der Waals surface area (Å²) in [7, 11) is 1.65. The van der Waals surface area contributed by atoms with Crippen LogP contribution < -0.4 is 10.1 Å². The standard InChI is InChI=1S/C20H23N3O2/c1-3-19-22-17-9-6-15(12-18(17)23-19)13-20(24)21-11-10-14-4-7-16(25-2)8-5-14/h4-9,12H,3,10-11,13H2,1-2H3,(H,21,24)(H,22,23). The summed E-state index contributed by atoms with van der Waals surface area (Å²) in [5.41, 5.74) is 4.09. The van der Waals surface area contributed by atoms with Gasteiger partial charge in [-0.15, -0.1) is 0 Å². The van der Waals surface area contributed by atoms with Gasteiger partial charge in [0.2, 0.25) is 5.91 Å². The van der Waals surface area contributed by atoms with E-state index >= 15 is 0 Å². The molecule has 130 valence electrons. The lowest BCUT2D eigenvalue weighted by atomic mass is 10.1. The number of ether oxygens (including phenoxy) is 1. The fourth-order valence-electron chi connectivity index (χ4n) is 2.77. The van der Waals surface area contributed by atoms with Crippen molar-refractivity contribution in [3.63, 3.8) is 0 Å². The van der Waals surface area contributed by atoms with Crippen molar-refractivity contribution in [2.24, 2.45) is 0 Å². The number of carbonyl (C=O) groups is 1. The number of aromatic amines is 1. The van der Waals surface area contributed by atoms with Crippen molar-refractivity contribution in [2.75, 3.05) is 13.7 Å². The number of aryl methyl sites for hydroxylation is 1. The number of amides is 1. The third-order valence-corrected chi connectivity index (χ3v) is 4.19. The average Bonchev–Trinajstić information content (AvgIpc) is 3.05. The fourth-order valence-corrected chi connectivity index (χ4v) is 2.77. The van der Waals surface area contributed by atoms with Gasteiger partial charge in [-0.05, 0) is 41.8 Å². The Hall–Kier alpha value is -2.82. The number of rotatable bonds is 7. The van der Waals surface area contributed by atoms with Crippen LogP contribution in [0.3, 0.4) is 0 Å². The highest BCUT2D eigenvalue weighted by molar-refractivity contribution is 5.81. The molecular formula is C20H23N3O2. The van der Waals surface area contributed by atoms with Gasteiger partial charge < -0.3 is 15.0 Å². The van der Waals surface area contributed by atoms with E-state index in [-0.39, 0.29) is 5.91 Å². The summed E-state index contributed by atoms with van der Waals surface area (Å²) in [6.07, 6.45) is 2.05. The van der Waals surface area contributed by atoms with E-state index in [1.807, 2.05) is 42.5 Å². The smallest absolute Gasteiger partial charge is 0.224 e. The zero-order valence-corrected chi connectivity index (χ0v) is 14.6. The molecule has 1 amide bonds. The number of benzene rings is 2. The normalized spacial score (nSPS) is 10.8. The van der Waals surface area contributed by atoms with Crippen LogP contribution in [-0.4, -0.2) is 29.5 Å². The Balaban J connectivity index is 1.51. The number of hydrogen-bond donors (Lipinski definition) is 2. The molecule has 0 saturated carbocycles. The maximum absolute atomic E-state index is 12.1. The number of aromatic nitrogens is 2. The van der Waals surface area contributed by atoms with Gasteiger partial charge >= 0.3 is 0 Å². The van der Waals surface area contributed by atoms with Crippen molar-refractivity contribution in [3.05, 3.63) is 59.4 Å². The molecule has 0 fully saturated rings. The van der Waals surface area contributed by atoms with E-state index in [0.29, 0.717) is 13.0 Å². The molecule has 1 aromatic heterocycles. The molecule has 25 heavy (non-hydrogen) atoms. The summed E-state index contributed by atoms with van der Waals surface area (Å²) in [5, 5.41) is 2.98. The van der Waals surface area contributed by atoms with Crippen molar-refractivity contribution in [3.8, 4) is 5.75 Å². The summed E-state index contributed by atoms with van der Waals surface area (Å²) in [6.45, 7) is 2.69. The van der Waals surface area contributed by atoms with E-state index in [1.54, 1.807) is 7.11 Å². The number of methoxy groups -OCH3 is 1. The molecule has 0 atom stereocenters. The molecule has 2 N–H and O–H groups in total.